The summed E-state index contributed by atoms with van der Waals surface area (Å²) in [4.78, 5) is 26.5. The number of benzene rings is 1. The second kappa shape index (κ2) is 7.82. The maximum atomic E-state index is 12.5. The quantitative estimate of drug-likeness (QED) is 0.788. The van der Waals surface area contributed by atoms with E-state index in [4.69, 9.17) is 4.74 Å². The molecule has 0 bridgehead atoms. The summed E-state index contributed by atoms with van der Waals surface area (Å²) in [5, 5.41) is 2.78. The van der Waals surface area contributed by atoms with E-state index in [0.29, 0.717) is 18.0 Å². The minimum atomic E-state index is -1.12. The molecule has 5 nitrogen and oxygen atoms in total. The number of carbonyl (C=O) groups is 2. The van der Waals surface area contributed by atoms with Gasteiger partial charge in [-0.15, -0.1) is 0 Å². The molecule has 2 amide bonds. The van der Waals surface area contributed by atoms with Crippen molar-refractivity contribution in [1.82, 2.24) is 4.90 Å². The van der Waals surface area contributed by atoms with E-state index < -0.39 is 5.41 Å². The molecular weight excluding hydrogens is 280 g/mol. The Kier molecular flexibility index (Phi) is 6.40. The second-order valence-electron chi connectivity index (χ2n) is 5.89. The van der Waals surface area contributed by atoms with E-state index in [1.165, 1.54) is 0 Å². The average molecular weight is 306 g/mol. The molecule has 0 aliphatic carbocycles. The van der Waals surface area contributed by atoms with Gasteiger partial charge in [-0.05, 0) is 32.4 Å². The molecule has 1 rings (SSSR count). The van der Waals surface area contributed by atoms with Gasteiger partial charge in [-0.2, -0.15) is 0 Å². The molecule has 22 heavy (non-hydrogen) atoms. The van der Waals surface area contributed by atoms with Crippen molar-refractivity contribution in [2.45, 2.75) is 33.6 Å². The van der Waals surface area contributed by atoms with Crippen molar-refractivity contribution < 1.29 is 14.3 Å². The summed E-state index contributed by atoms with van der Waals surface area (Å²) in [7, 11) is 3.30. The Bertz CT molecular complexity index is 526. The predicted octanol–water partition coefficient (Wildman–Crippen LogP) is 2.92. The zero-order valence-electron chi connectivity index (χ0n) is 14.1. The van der Waals surface area contributed by atoms with Gasteiger partial charge in [0.2, 0.25) is 11.8 Å². The lowest BCUT2D eigenvalue weighted by Crippen LogP contribution is -2.46. The Labute approximate surface area is 132 Å². The number of nitrogens with zero attached hydrogens (tertiary/aromatic N) is 1. The van der Waals surface area contributed by atoms with Crippen LogP contribution in [0, 0.1) is 5.41 Å². The highest BCUT2D eigenvalue weighted by Crippen LogP contribution is 2.23. The van der Waals surface area contributed by atoms with E-state index in [2.05, 4.69) is 12.2 Å². The van der Waals surface area contributed by atoms with Crippen LogP contribution in [-0.2, 0) is 9.59 Å². The smallest absolute Gasteiger partial charge is 0.239 e. The summed E-state index contributed by atoms with van der Waals surface area (Å²) in [6, 6.07) is 7.07. The lowest BCUT2D eigenvalue weighted by molar-refractivity contribution is -0.145. The van der Waals surface area contributed by atoms with Crippen LogP contribution in [0.25, 0.3) is 0 Å². The van der Waals surface area contributed by atoms with Crippen LogP contribution >= 0.6 is 0 Å². The Balaban J connectivity index is 2.78. The minimum Gasteiger partial charge on any atom is -0.497 e. The first-order chi connectivity index (χ1) is 10.3. The molecular formula is C17H26N2O3. The molecule has 0 heterocycles. The van der Waals surface area contributed by atoms with Gasteiger partial charge >= 0.3 is 0 Å². The molecule has 0 aromatic heterocycles. The van der Waals surface area contributed by atoms with E-state index >= 15 is 0 Å². The van der Waals surface area contributed by atoms with Crippen LogP contribution in [0.1, 0.15) is 33.6 Å². The van der Waals surface area contributed by atoms with Crippen molar-refractivity contribution in [3.05, 3.63) is 24.3 Å². The van der Waals surface area contributed by atoms with E-state index in [9.17, 15) is 9.59 Å². The van der Waals surface area contributed by atoms with Crippen molar-refractivity contribution in [3.8, 4) is 5.75 Å². The van der Waals surface area contributed by atoms with E-state index in [1.54, 1.807) is 57.2 Å². The standard InChI is InChI=1S/C17H26N2O3/c1-6-7-11-19(4)16(21)17(2,3)15(20)18-13-9-8-10-14(12-13)22-5/h8-10,12H,6-7,11H2,1-5H3,(H,18,20). The highest BCUT2D eigenvalue weighted by atomic mass is 16.5. The van der Waals surface area contributed by atoms with Gasteiger partial charge in [-0.3, -0.25) is 9.59 Å². The number of rotatable bonds is 7. The summed E-state index contributed by atoms with van der Waals surface area (Å²) >= 11 is 0. The highest BCUT2D eigenvalue weighted by Gasteiger charge is 2.38. The predicted molar refractivity (Wildman–Crippen MR) is 87.9 cm³/mol. The normalized spacial score (nSPS) is 11.0. The molecule has 0 aliphatic rings. The second-order valence-corrected chi connectivity index (χ2v) is 5.89. The number of anilines is 1. The van der Waals surface area contributed by atoms with Crippen molar-refractivity contribution in [2.75, 3.05) is 26.0 Å². The highest BCUT2D eigenvalue weighted by molar-refractivity contribution is 6.09. The van der Waals surface area contributed by atoms with Crippen LogP contribution in [0.3, 0.4) is 0 Å². The molecule has 0 radical (unpaired) electrons. The summed E-state index contributed by atoms with van der Waals surface area (Å²) in [6.07, 6.45) is 1.93. The number of nitrogens with one attached hydrogen (secondary N) is 1. The van der Waals surface area contributed by atoms with Gasteiger partial charge in [0.05, 0.1) is 7.11 Å². The van der Waals surface area contributed by atoms with Crippen LogP contribution < -0.4 is 10.1 Å². The summed E-state index contributed by atoms with van der Waals surface area (Å²) in [6.45, 7) is 6.02. The first kappa shape index (κ1) is 18.0. The van der Waals surface area contributed by atoms with Crippen LogP contribution in [-0.4, -0.2) is 37.4 Å². The summed E-state index contributed by atoms with van der Waals surface area (Å²) in [5.41, 5.74) is -0.507. The zero-order valence-corrected chi connectivity index (χ0v) is 14.1. The molecule has 1 aromatic carbocycles. The molecule has 1 aromatic rings. The molecule has 0 atom stereocenters. The number of amides is 2. The third-order valence-electron chi connectivity index (χ3n) is 3.62. The van der Waals surface area contributed by atoms with Gasteiger partial charge in [0.15, 0.2) is 0 Å². The average Bonchev–Trinajstić information content (AvgIpc) is 2.51. The fraction of sp³-hybridized carbons (Fsp3) is 0.529. The van der Waals surface area contributed by atoms with E-state index in [1.807, 2.05) is 0 Å². The number of carbonyl (C=O) groups excluding carboxylic acids is 2. The Morgan fingerprint density at radius 2 is 2.00 bits per heavy atom. The molecule has 5 heteroatoms. The molecule has 0 spiro atoms. The minimum absolute atomic E-state index is 0.179. The lowest BCUT2D eigenvalue weighted by atomic mass is 9.90. The Morgan fingerprint density at radius 1 is 1.32 bits per heavy atom. The monoisotopic (exact) mass is 306 g/mol. The van der Waals surface area contributed by atoms with Crippen LogP contribution in [0.2, 0.25) is 0 Å². The number of hydrogen-bond acceptors (Lipinski definition) is 3. The summed E-state index contributed by atoms with van der Waals surface area (Å²) < 4.78 is 5.13. The number of ether oxygens (including phenoxy) is 1. The third-order valence-corrected chi connectivity index (χ3v) is 3.62. The molecule has 0 unspecified atom stereocenters. The SMILES string of the molecule is CCCCN(C)C(=O)C(C)(C)C(=O)Nc1cccc(OC)c1. The third kappa shape index (κ3) is 4.48. The van der Waals surface area contributed by atoms with Crippen molar-refractivity contribution in [2.24, 2.45) is 5.41 Å². The Hall–Kier alpha value is -2.04. The van der Waals surface area contributed by atoms with Crippen molar-refractivity contribution >= 4 is 17.5 Å². The molecule has 0 saturated carbocycles. The van der Waals surface area contributed by atoms with E-state index in [0.717, 1.165) is 12.8 Å². The van der Waals surface area contributed by atoms with Crippen molar-refractivity contribution in [3.63, 3.8) is 0 Å². The molecule has 0 aliphatic heterocycles. The first-order valence-corrected chi connectivity index (χ1v) is 7.54. The van der Waals surface area contributed by atoms with Crippen molar-refractivity contribution in [1.29, 1.82) is 0 Å². The maximum Gasteiger partial charge on any atom is 0.239 e. The van der Waals surface area contributed by atoms with Gasteiger partial charge in [0.25, 0.3) is 0 Å². The van der Waals surface area contributed by atoms with Gasteiger partial charge in [0.1, 0.15) is 11.2 Å². The van der Waals surface area contributed by atoms with Gasteiger partial charge < -0.3 is 15.0 Å². The van der Waals surface area contributed by atoms with Gasteiger partial charge in [-0.1, -0.05) is 19.4 Å². The zero-order chi connectivity index (χ0) is 16.8. The fourth-order valence-corrected chi connectivity index (χ4v) is 2.06. The topological polar surface area (TPSA) is 58.6 Å². The first-order valence-electron chi connectivity index (χ1n) is 7.54. The molecule has 0 saturated heterocycles. The number of methoxy groups -OCH3 is 1. The van der Waals surface area contributed by atoms with Crippen LogP contribution in [0.5, 0.6) is 5.75 Å². The largest absolute Gasteiger partial charge is 0.497 e. The molecule has 122 valence electrons. The maximum absolute atomic E-state index is 12.5. The number of unbranched alkanes of at least 4 members (excludes halogenated alkanes) is 1. The molecule has 1 N–H and O–H groups in total. The van der Waals surface area contributed by atoms with E-state index in [-0.39, 0.29) is 11.8 Å². The molecule has 0 fully saturated rings. The lowest BCUT2D eigenvalue weighted by Gasteiger charge is -2.28. The van der Waals surface area contributed by atoms with Crippen LogP contribution in [0.4, 0.5) is 5.69 Å². The van der Waals surface area contributed by atoms with Gasteiger partial charge in [0, 0.05) is 25.3 Å². The Morgan fingerprint density at radius 3 is 2.59 bits per heavy atom. The van der Waals surface area contributed by atoms with Gasteiger partial charge in [-0.25, -0.2) is 0 Å². The van der Waals surface area contributed by atoms with Crippen LogP contribution in [0.15, 0.2) is 24.3 Å². The fourth-order valence-electron chi connectivity index (χ4n) is 2.06. The number of hydrogen-bond donors (Lipinski definition) is 1. The summed E-state index contributed by atoms with van der Waals surface area (Å²) in [5.74, 6) is 0.150.